The molecule has 2 aliphatic rings. The molecule has 1 heterocycles. The second-order valence-corrected chi connectivity index (χ2v) is 6.15. The SMILES string of the molecule is CN(C(=O)[C@@H]1CCC[C@@H]1CN)C1CCSC1. The third kappa shape index (κ3) is 2.38. The number of carbonyl (C=O) groups is 1. The standard InChI is InChI=1S/C12H22N2OS/c1-14(10-5-6-16-8-10)12(15)11-4-2-3-9(11)7-13/h9-11H,2-8,13H2,1H3/t9-,10?,11-/m1/s1. The van der Waals surface area contributed by atoms with Crippen LogP contribution in [0, 0.1) is 11.8 Å². The first-order chi connectivity index (χ1) is 7.74. The van der Waals surface area contributed by atoms with Crippen molar-refractivity contribution in [2.45, 2.75) is 31.7 Å². The van der Waals surface area contributed by atoms with Crippen molar-refractivity contribution in [3.8, 4) is 0 Å². The molecule has 0 aromatic carbocycles. The van der Waals surface area contributed by atoms with Crippen molar-refractivity contribution in [3.05, 3.63) is 0 Å². The second kappa shape index (κ2) is 5.41. The summed E-state index contributed by atoms with van der Waals surface area (Å²) < 4.78 is 0. The van der Waals surface area contributed by atoms with Gasteiger partial charge in [0.25, 0.3) is 0 Å². The maximum absolute atomic E-state index is 12.4. The van der Waals surface area contributed by atoms with Crippen LogP contribution in [0.1, 0.15) is 25.7 Å². The molecule has 16 heavy (non-hydrogen) atoms. The molecule has 1 aliphatic carbocycles. The molecule has 1 unspecified atom stereocenters. The van der Waals surface area contributed by atoms with Crippen LogP contribution in [0.25, 0.3) is 0 Å². The molecule has 2 fully saturated rings. The molecule has 0 spiro atoms. The fraction of sp³-hybridized carbons (Fsp3) is 0.917. The molecular weight excluding hydrogens is 220 g/mol. The summed E-state index contributed by atoms with van der Waals surface area (Å²) in [5.74, 6) is 3.31. The van der Waals surface area contributed by atoms with Gasteiger partial charge in [-0.2, -0.15) is 11.8 Å². The van der Waals surface area contributed by atoms with Gasteiger partial charge in [-0.05, 0) is 37.5 Å². The van der Waals surface area contributed by atoms with Crippen molar-refractivity contribution in [3.63, 3.8) is 0 Å². The van der Waals surface area contributed by atoms with Crippen LogP contribution in [-0.2, 0) is 4.79 Å². The summed E-state index contributed by atoms with van der Waals surface area (Å²) in [6, 6.07) is 0.469. The highest BCUT2D eigenvalue weighted by molar-refractivity contribution is 7.99. The van der Waals surface area contributed by atoms with E-state index in [-0.39, 0.29) is 5.92 Å². The summed E-state index contributed by atoms with van der Waals surface area (Å²) in [6.45, 7) is 0.670. The first-order valence-corrected chi connectivity index (χ1v) is 7.44. The molecule has 1 saturated heterocycles. The van der Waals surface area contributed by atoms with Crippen LogP contribution >= 0.6 is 11.8 Å². The second-order valence-electron chi connectivity index (χ2n) is 5.00. The van der Waals surface area contributed by atoms with E-state index in [1.54, 1.807) is 0 Å². The van der Waals surface area contributed by atoms with E-state index in [0.29, 0.717) is 24.4 Å². The van der Waals surface area contributed by atoms with Gasteiger partial charge in [-0.3, -0.25) is 4.79 Å². The van der Waals surface area contributed by atoms with Crippen LogP contribution < -0.4 is 5.73 Å². The average Bonchev–Trinajstić information content (AvgIpc) is 2.97. The van der Waals surface area contributed by atoms with E-state index in [1.165, 1.54) is 12.2 Å². The number of hydrogen-bond acceptors (Lipinski definition) is 3. The molecule has 3 atom stereocenters. The van der Waals surface area contributed by atoms with Crippen molar-refractivity contribution >= 4 is 17.7 Å². The lowest BCUT2D eigenvalue weighted by Gasteiger charge is -2.29. The number of carbonyl (C=O) groups excluding carboxylic acids is 1. The Morgan fingerprint density at radius 3 is 2.88 bits per heavy atom. The molecule has 4 heteroatoms. The van der Waals surface area contributed by atoms with Crippen molar-refractivity contribution < 1.29 is 4.79 Å². The van der Waals surface area contributed by atoms with Crippen molar-refractivity contribution in [1.29, 1.82) is 0 Å². The van der Waals surface area contributed by atoms with Crippen molar-refractivity contribution in [2.24, 2.45) is 17.6 Å². The Morgan fingerprint density at radius 2 is 2.25 bits per heavy atom. The largest absolute Gasteiger partial charge is 0.342 e. The van der Waals surface area contributed by atoms with Gasteiger partial charge in [0.15, 0.2) is 0 Å². The van der Waals surface area contributed by atoms with Crippen molar-refractivity contribution in [1.82, 2.24) is 4.90 Å². The number of nitrogens with two attached hydrogens (primary N) is 1. The summed E-state index contributed by atoms with van der Waals surface area (Å²) in [6.07, 6.45) is 4.52. The zero-order chi connectivity index (χ0) is 11.5. The monoisotopic (exact) mass is 242 g/mol. The van der Waals surface area contributed by atoms with Gasteiger partial charge in [-0.1, -0.05) is 6.42 Å². The lowest BCUT2D eigenvalue weighted by atomic mass is 9.94. The zero-order valence-corrected chi connectivity index (χ0v) is 10.8. The van der Waals surface area contributed by atoms with Gasteiger partial charge in [0.2, 0.25) is 5.91 Å². The van der Waals surface area contributed by atoms with Gasteiger partial charge < -0.3 is 10.6 Å². The molecule has 92 valence electrons. The van der Waals surface area contributed by atoms with E-state index in [2.05, 4.69) is 0 Å². The van der Waals surface area contributed by atoms with E-state index in [4.69, 9.17) is 5.73 Å². The molecular formula is C12H22N2OS. The Kier molecular flexibility index (Phi) is 4.14. The normalized spacial score (nSPS) is 34.2. The predicted molar refractivity (Wildman–Crippen MR) is 68.4 cm³/mol. The summed E-state index contributed by atoms with van der Waals surface area (Å²) in [7, 11) is 1.98. The zero-order valence-electron chi connectivity index (χ0n) is 10.0. The van der Waals surface area contributed by atoms with E-state index in [9.17, 15) is 4.79 Å². The topological polar surface area (TPSA) is 46.3 Å². The highest BCUT2D eigenvalue weighted by atomic mass is 32.2. The molecule has 3 nitrogen and oxygen atoms in total. The highest BCUT2D eigenvalue weighted by Gasteiger charge is 2.36. The lowest BCUT2D eigenvalue weighted by molar-refractivity contribution is -0.136. The third-order valence-corrected chi connectivity index (χ3v) is 5.22. The smallest absolute Gasteiger partial charge is 0.226 e. The third-order valence-electron chi connectivity index (χ3n) is 4.08. The maximum atomic E-state index is 12.4. The number of amides is 1. The van der Waals surface area contributed by atoms with Crippen LogP contribution in [0.4, 0.5) is 0 Å². The van der Waals surface area contributed by atoms with Crippen LogP contribution in [0.3, 0.4) is 0 Å². The van der Waals surface area contributed by atoms with Crippen LogP contribution in [0.15, 0.2) is 0 Å². The summed E-state index contributed by atoms with van der Waals surface area (Å²) in [5, 5.41) is 0. The molecule has 0 bridgehead atoms. The van der Waals surface area contributed by atoms with Gasteiger partial charge in [0, 0.05) is 24.8 Å². The van der Waals surface area contributed by atoms with Crippen LogP contribution in [-0.4, -0.2) is 41.9 Å². The number of rotatable bonds is 3. The molecule has 1 saturated carbocycles. The molecule has 0 aromatic rings. The molecule has 2 rings (SSSR count). The Morgan fingerprint density at radius 1 is 1.44 bits per heavy atom. The Labute approximate surface area is 102 Å². The first kappa shape index (κ1) is 12.2. The summed E-state index contributed by atoms with van der Waals surface area (Å²) in [5.41, 5.74) is 5.74. The lowest BCUT2D eigenvalue weighted by Crippen LogP contribution is -2.42. The first-order valence-electron chi connectivity index (χ1n) is 6.28. The van der Waals surface area contributed by atoms with Crippen LogP contribution in [0.2, 0.25) is 0 Å². The highest BCUT2D eigenvalue weighted by Crippen LogP contribution is 2.33. The quantitative estimate of drug-likeness (QED) is 0.812. The Bertz CT molecular complexity index is 253. The fourth-order valence-corrected chi connectivity index (χ4v) is 4.18. The number of nitrogens with zero attached hydrogens (tertiary/aromatic N) is 1. The number of thioether (sulfide) groups is 1. The Hall–Kier alpha value is -0.220. The van der Waals surface area contributed by atoms with Gasteiger partial charge in [-0.25, -0.2) is 0 Å². The average molecular weight is 242 g/mol. The molecule has 0 aromatic heterocycles. The molecule has 1 aliphatic heterocycles. The minimum absolute atomic E-state index is 0.209. The Balaban J connectivity index is 1.95. The van der Waals surface area contributed by atoms with Crippen molar-refractivity contribution in [2.75, 3.05) is 25.1 Å². The van der Waals surface area contributed by atoms with E-state index < -0.39 is 0 Å². The van der Waals surface area contributed by atoms with Crippen LogP contribution in [0.5, 0.6) is 0 Å². The summed E-state index contributed by atoms with van der Waals surface area (Å²) in [4.78, 5) is 14.4. The van der Waals surface area contributed by atoms with E-state index in [1.807, 2.05) is 23.7 Å². The predicted octanol–water partition coefficient (Wildman–Crippen LogP) is 1.33. The van der Waals surface area contributed by atoms with E-state index >= 15 is 0 Å². The fourth-order valence-electron chi connectivity index (χ4n) is 2.91. The molecule has 1 amide bonds. The van der Waals surface area contributed by atoms with Gasteiger partial charge >= 0.3 is 0 Å². The molecule has 0 radical (unpaired) electrons. The van der Waals surface area contributed by atoms with Gasteiger partial charge in [-0.15, -0.1) is 0 Å². The number of hydrogen-bond donors (Lipinski definition) is 1. The minimum Gasteiger partial charge on any atom is -0.342 e. The van der Waals surface area contributed by atoms with E-state index in [0.717, 1.165) is 25.0 Å². The minimum atomic E-state index is 0.209. The van der Waals surface area contributed by atoms with Gasteiger partial charge in [0.1, 0.15) is 0 Å². The maximum Gasteiger partial charge on any atom is 0.226 e. The van der Waals surface area contributed by atoms with Gasteiger partial charge in [0.05, 0.1) is 0 Å². The molecule has 2 N–H and O–H groups in total. The summed E-state index contributed by atoms with van der Waals surface area (Å²) >= 11 is 1.96.